The fraction of sp³-hybridized carbons (Fsp3) is 0.938. The molecule has 4 heteroatoms. The van der Waals surface area contributed by atoms with E-state index in [1.54, 1.807) is 6.92 Å². The molecule has 0 radical (unpaired) electrons. The number of piperidine rings is 1. The summed E-state index contributed by atoms with van der Waals surface area (Å²) >= 11 is 0. The van der Waals surface area contributed by atoms with Crippen molar-refractivity contribution in [2.24, 2.45) is 11.8 Å². The third-order valence-electron chi connectivity index (χ3n) is 5.49. The van der Waals surface area contributed by atoms with Gasteiger partial charge in [-0.2, -0.15) is 0 Å². The molecule has 0 amide bonds. The number of likely N-dealkylation sites (tertiary alicyclic amines) is 1. The fourth-order valence-electron chi connectivity index (χ4n) is 4.69. The van der Waals surface area contributed by atoms with Gasteiger partial charge < -0.3 is 17.1 Å². The third-order valence-corrected chi connectivity index (χ3v) is 5.49. The molecule has 1 aliphatic heterocycles. The summed E-state index contributed by atoms with van der Waals surface area (Å²) in [5, 5.41) is 0. The van der Waals surface area contributed by atoms with E-state index < -0.39 is 0 Å². The second-order valence-electron chi connectivity index (χ2n) is 6.67. The van der Waals surface area contributed by atoms with E-state index in [2.05, 4.69) is 4.90 Å². The maximum Gasteiger partial charge on any atom is 0.302 e. The first-order chi connectivity index (χ1) is 9.25. The molecule has 2 aliphatic carbocycles. The van der Waals surface area contributed by atoms with Crippen LogP contribution >= 0.6 is 0 Å². The number of carbonyl (C=O) groups is 1. The van der Waals surface area contributed by atoms with Crippen molar-refractivity contribution in [2.45, 2.75) is 70.4 Å². The predicted octanol–water partition coefficient (Wildman–Crippen LogP) is -0.0133. The molecule has 20 heavy (non-hydrogen) atoms. The molecule has 1 saturated heterocycles. The summed E-state index contributed by atoms with van der Waals surface area (Å²) < 4.78 is 5.71. The zero-order valence-corrected chi connectivity index (χ0v) is 13.3. The molecule has 3 rings (SSSR count). The highest BCUT2D eigenvalue weighted by Crippen LogP contribution is 2.44. The molecular formula is C16H27ClNO2-. The van der Waals surface area contributed by atoms with Crippen LogP contribution in [-0.4, -0.2) is 36.1 Å². The molecule has 116 valence electrons. The number of fused-ring (bicyclic) bond motifs is 2. The molecule has 4 unspecified atom stereocenters. The Hall–Kier alpha value is -0.280. The molecule has 0 aromatic rings. The molecule has 2 bridgehead atoms. The number of hydrogen-bond acceptors (Lipinski definition) is 3. The standard InChI is InChI=1S/C16H27NO2.ClH/c1-12(18)19-16-13-6-5-7-14(16)15(9-8-13)17-10-3-2-4-11-17;/h13-16H,2-11H2,1H3;1H/p-1. The van der Waals surface area contributed by atoms with Gasteiger partial charge in [-0.15, -0.1) is 0 Å². The van der Waals surface area contributed by atoms with Gasteiger partial charge in [-0.25, -0.2) is 0 Å². The van der Waals surface area contributed by atoms with Crippen molar-refractivity contribution in [3.05, 3.63) is 0 Å². The van der Waals surface area contributed by atoms with Crippen LogP contribution in [0.3, 0.4) is 0 Å². The van der Waals surface area contributed by atoms with Crippen molar-refractivity contribution in [3.63, 3.8) is 0 Å². The summed E-state index contributed by atoms with van der Waals surface area (Å²) in [6.45, 7) is 4.09. The van der Waals surface area contributed by atoms with Crippen LogP contribution in [0.1, 0.15) is 58.3 Å². The summed E-state index contributed by atoms with van der Waals surface area (Å²) in [4.78, 5) is 14.1. The number of rotatable bonds is 2. The van der Waals surface area contributed by atoms with Crippen LogP contribution in [0.4, 0.5) is 0 Å². The largest absolute Gasteiger partial charge is 1.00 e. The van der Waals surface area contributed by atoms with Crippen LogP contribution in [-0.2, 0) is 9.53 Å². The van der Waals surface area contributed by atoms with Crippen molar-refractivity contribution >= 4 is 5.97 Å². The van der Waals surface area contributed by atoms with Crippen LogP contribution in [0.5, 0.6) is 0 Å². The summed E-state index contributed by atoms with van der Waals surface area (Å²) in [5.74, 6) is 1.17. The van der Waals surface area contributed by atoms with Crippen molar-refractivity contribution in [1.82, 2.24) is 4.90 Å². The first kappa shape index (κ1) is 16.1. The van der Waals surface area contributed by atoms with E-state index in [4.69, 9.17) is 4.74 Å². The van der Waals surface area contributed by atoms with E-state index in [1.807, 2.05) is 0 Å². The Morgan fingerprint density at radius 3 is 2.45 bits per heavy atom. The number of carbonyl (C=O) groups excluding carboxylic acids is 1. The Labute approximate surface area is 128 Å². The Balaban J connectivity index is 0.00000147. The lowest BCUT2D eigenvalue weighted by Gasteiger charge is -2.50. The highest BCUT2D eigenvalue weighted by atomic mass is 35.5. The quantitative estimate of drug-likeness (QED) is 0.672. The van der Waals surface area contributed by atoms with Crippen molar-refractivity contribution in [3.8, 4) is 0 Å². The fourth-order valence-corrected chi connectivity index (χ4v) is 4.69. The van der Waals surface area contributed by atoms with Gasteiger partial charge in [0.2, 0.25) is 0 Å². The Morgan fingerprint density at radius 2 is 1.75 bits per heavy atom. The maximum atomic E-state index is 11.4. The van der Waals surface area contributed by atoms with Crippen LogP contribution < -0.4 is 12.4 Å². The van der Waals surface area contributed by atoms with E-state index in [9.17, 15) is 4.79 Å². The number of halogens is 1. The van der Waals surface area contributed by atoms with Crippen LogP contribution in [0.15, 0.2) is 0 Å². The van der Waals surface area contributed by atoms with Crippen molar-refractivity contribution < 1.29 is 21.9 Å². The Morgan fingerprint density at radius 1 is 1.00 bits per heavy atom. The highest BCUT2D eigenvalue weighted by molar-refractivity contribution is 5.66. The van der Waals surface area contributed by atoms with Gasteiger partial charge in [0.05, 0.1) is 0 Å². The van der Waals surface area contributed by atoms with Gasteiger partial charge in [0.25, 0.3) is 0 Å². The van der Waals surface area contributed by atoms with Crippen molar-refractivity contribution in [1.29, 1.82) is 0 Å². The van der Waals surface area contributed by atoms with Gasteiger partial charge in [-0.1, -0.05) is 12.8 Å². The lowest BCUT2D eigenvalue weighted by atomic mass is 9.67. The van der Waals surface area contributed by atoms with Crippen LogP contribution in [0, 0.1) is 11.8 Å². The van der Waals surface area contributed by atoms with Gasteiger partial charge in [0, 0.05) is 18.9 Å². The molecular weight excluding hydrogens is 274 g/mol. The van der Waals surface area contributed by atoms with E-state index >= 15 is 0 Å². The number of ether oxygens (including phenoxy) is 1. The van der Waals surface area contributed by atoms with Crippen LogP contribution in [0.25, 0.3) is 0 Å². The molecule has 0 spiro atoms. The Bertz CT molecular complexity index is 330. The zero-order valence-electron chi connectivity index (χ0n) is 12.5. The van der Waals surface area contributed by atoms with E-state index in [1.165, 1.54) is 64.5 Å². The first-order valence-electron chi connectivity index (χ1n) is 8.17. The average molecular weight is 301 g/mol. The second-order valence-corrected chi connectivity index (χ2v) is 6.67. The molecule has 3 aliphatic rings. The summed E-state index contributed by atoms with van der Waals surface area (Å²) in [6.07, 6.45) is 10.8. The van der Waals surface area contributed by atoms with E-state index in [0.717, 1.165) is 0 Å². The van der Waals surface area contributed by atoms with Gasteiger partial charge >= 0.3 is 5.97 Å². The van der Waals surface area contributed by atoms with Crippen molar-refractivity contribution in [2.75, 3.05) is 13.1 Å². The Kier molecular flexibility index (Phi) is 5.74. The summed E-state index contributed by atoms with van der Waals surface area (Å²) in [6, 6.07) is 0.682. The topological polar surface area (TPSA) is 29.5 Å². The molecule has 2 saturated carbocycles. The third kappa shape index (κ3) is 3.30. The van der Waals surface area contributed by atoms with Gasteiger partial charge in [0.15, 0.2) is 0 Å². The molecule has 1 heterocycles. The summed E-state index contributed by atoms with van der Waals surface area (Å²) in [5.41, 5.74) is 0. The number of esters is 1. The zero-order chi connectivity index (χ0) is 13.2. The molecule has 3 fully saturated rings. The van der Waals surface area contributed by atoms with Gasteiger partial charge in [0.1, 0.15) is 6.10 Å². The second kappa shape index (κ2) is 7.13. The normalized spacial score (nSPS) is 37.9. The minimum atomic E-state index is -0.0822. The van der Waals surface area contributed by atoms with E-state index in [0.29, 0.717) is 17.9 Å². The van der Waals surface area contributed by atoms with Gasteiger partial charge in [-0.05, 0) is 57.5 Å². The molecule has 0 N–H and O–H groups in total. The molecule has 0 aromatic heterocycles. The lowest BCUT2D eigenvalue weighted by Crippen LogP contribution is -3.00. The van der Waals surface area contributed by atoms with E-state index in [-0.39, 0.29) is 24.5 Å². The monoisotopic (exact) mass is 300 g/mol. The number of hydrogen-bond donors (Lipinski definition) is 0. The minimum absolute atomic E-state index is 0. The highest BCUT2D eigenvalue weighted by Gasteiger charge is 2.45. The smallest absolute Gasteiger partial charge is 0.302 e. The predicted molar refractivity (Wildman–Crippen MR) is 74.8 cm³/mol. The first-order valence-corrected chi connectivity index (χ1v) is 8.17. The minimum Gasteiger partial charge on any atom is -1.00 e. The SMILES string of the molecule is CC(=O)OC1C2CCCC1C(N1CCCCC1)CC2.[Cl-]. The molecule has 0 aromatic carbocycles. The average Bonchev–Trinajstić information content (AvgIpc) is 2.39. The number of nitrogens with zero attached hydrogens (tertiary/aromatic N) is 1. The maximum absolute atomic E-state index is 11.4. The lowest BCUT2D eigenvalue weighted by molar-refractivity contribution is -0.162. The molecule has 4 atom stereocenters. The van der Waals surface area contributed by atoms with Gasteiger partial charge in [-0.3, -0.25) is 9.69 Å². The summed E-state index contributed by atoms with van der Waals surface area (Å²) in [7, 11) is 0. The van der Waals surface area contributed by atoms with Crippen LogP contribution in [0.2, 0.25) is 0 Å². The molecule has 3 nitrogen and oxygen atoms in total.